The van der Waals surface area contributed by atoms with Crippen LogP contribution in [0.15, 0.2) is 48.5 Å². The molecule has 22 heavy (non-hydrogen) atoms. The summed E-state index contributed by atoms with van der Waals surface area (Å²) in [6.07, 6.45) is 3.30. The number of fused-ring (bicyclic) bond motifs is 1. The molecule has 1 N–H and O–H groups in total. The molecule has 0 saturated carbocycles. The topological polar surface area (TPSA) is 38.3 Å². The highest BCUT2D eigenvalue weighted by Gasteiger charge is 2.22. The van der Waals surface area contributed by atoms with Crippen LogP contribution in [0.4, 0.5) is 0 Å². The molecule has 1 aliphatic rings. The molecule has 114 valence electrons. The van der Waals surface area contributed by atoms with Gasteiger partial charge in [0.15, 0.2) is 0 Å². The Kier molecular flexibility index (Phi) is 4.42. The van der Waals surface area contributed by atoms with Crippen LogP contribution < -0.4 is 10.1 Å². The summed E-state index contributed by atoms with van der Waals surface area (Å²) >= 11 is 0. The summed E-state index contributed by atoms with van der Waals surface area (Å²) in [4.78, 5) is 12.2. The van der Waals surface area contributed by atoms with E-state index in [0.29, 0.717) is 6.42 Å². The number of carbonyl (C=O) groups excluding carboxylic acids is 1. The van der Waals surface area contributed by atoms with Gasteiger partial charge in [-0.3, -0.25) is 4.79 Å². The van der Waals surface area contributed by atoms with E-state index in [9.17, 15) is 4.79 Å². The van der Waals surface area contributed by atoms with Crippen molar-refractivity contribution in [1.29, 1.82) is 0 Å². The Bertz CT molecular complexity index is 666. The summed E-state index contributed by atoms with van der Waals surface area (Å²) in [5, 5.41) is 3.16. The molecular formula is C19H21NO2. The van der Waals surface area contributed by atoms with Crippen molar-refractivity contribution in [1.82, 2.24) is 5.32 Å². The van der Waals surface area contributed by atoms with E-state index in [4.69, 9.17) is 4.74 Å². The number of ether oxygens (including phenoxy) is 1. The van der Waals surface area contributed by atoms with Crippen molar-refractivity contribution in [2.75, 3.05) is 7.11 Å². The Morgan fingerprint density at radius 3 is 2.95 bits per heavy atom. The molecule has 3 heteroatoms. The van der Waals surface area contributed by atoms with E-state index in [0.717, 1.165) is 30.6 Å². The number of methoxy groups -OCH3 is 1. The zero-order chi connectivity index (χ0) is 15.4. The maximum Gasteiger partial charge on any atom is 0.220 e. The molecule has 0 bridgehead atoms. The van der Waals surface area contributed by atoms with E-state index in [1.807, 2.05) is 30.3 Å². The largest absolute Gasteiger partial charge is 0.497 e. The Morgan fingerprint density at radius 2 is 2.09 bits per heavy atom. The van der Waals surface area contributed by atoms with Crippen LogP contribution in [0.1, 0.15) is 35.6 Å². The molecule has 0 heterocycles. The van der Waals surface area contributed by atoms with Gasteiger partial charge in [-0.1, -0.05) is 36.4 Å². The molecular weight excluding hydrogens is 274 g/mol. The zero-order valence-corrected chi connectivity index (χ0v) is 12.8. The average molecular weight is 295 g/mol. The zero-order valence-electron chi connectivity index (χ0n) is 12.8. The molecule has 1 aliphatic carbocycles. The van der Waals surface area contributed by atoms with Crippen molar-refractivity contribution in [3.63, 3.8) is 0 Å². The fourth-order valence-corrected chi connectivity index (χ4v) is 3.06. The van der Waals surface area contributed by atoms with Gasteiger partial charge in [-0.05, 0) is 48.1 Å². The lowest BCUT2D eigenvalue weighted by Crippen LogP contribution is -2.27. The second-order valence-corrected chi connectivity index (χ2v) is 5.71. The second-order valence-electron chi connectivity index (χ2n) is 5.71. The second kappa shape index (κ2) is 6.65. The first kappa shape index (κ1) is 14.6. The number of hydrogen-bond donors (Lipinski definition) is 1. The lowest BCUT2D eigenvalue weighted by atomic mass is 10.1. The predicted octanol–water partition coefficient (Wildman–Crippen LogP) is 3.43. The molecule has 1 amide bonds. The van der Waals surface area contributed by atoms with Gasteiger partial charge in [0, 0.05) is 6.42 Å². The number of benzene rings is 2. The van der Waals surface area contributed by atoms with E-state index in [-0.39, 0.29) is 11.9 Å². The number of nitrogens with one attached hydrogen (secondary N) is 1. The fourth-order valence-electron chi connectivity index (χ4n) is 3.06. The first-order chi connectivity index (χ1) is 10.8. The molecule has 2 aromatic rings. The molecule has 0 aliphatic heterocycles. The van der Waals surface area contributed by atoms with Crippen LogP contribution in [0.3, 0.4) is 0 Å². The third-order valence-corrected chi connectivity index (χ3v) is 4.24. The SMILES string of the molecule is COc1cccc(CCC(=O)NC2CCc3ccccc32)c1. The average Bonchev–Trinajstić information content (AvgIpc) is 2.96. The van der Waals surface area contributed by atoms with Gasteiger partial charge in [-0.15, -0.1) is 0 Å². The minimum Gasteiger partial charge on any atom is -0.497 e. The summed E-state index contributed by atoms with van der Waals surface area (Å²) in [6, 6.07) is 16.4. The van der Waals surface area contributed by atoms with Crippen LogP contribution >= 0.6 is 0 Å². The standard InChI is InChI=1S/C19H21NO2/c1-22-16-7-4-5-14(13-16)9-12-19(21)20-18-11-10-15-6-2-3-8-17(15)18/h2-8,13,18H,9-12H2,1H3,(H,20,21). The first-order valence-corrected chi connectivity index (χ1v) is 7.76. The number of amides is 1. The molecule has 2 aromatic carbocycles. The van der Waals surface area contributed by atoms with E-state index < -0.39 is 0 Å². The summed E-state index contributed by atoms with van der Waals surface area (Å²) in [5.41, 5.74) is 3.76. The van der Waals surface area contributed by atoms with Gasteiger partial charge in [0.05, 0.1) is 13.2 Å². The minimum atomic E-state index is 0.115. The fraction of sp³-hybridized carbons (Fsp3) is 0.316. The third kappa shape index (κ3) is 3.30. The summed E-state index contributed by atoms with van der Waals surface area (Å²) < 4.78 is 5.21. The maximum absolute atomic E-state index is 12.2. The third-order valence-electron chi connectivity index (χ3n) is 4.24. The van der Waals surface area contributed by atoms with Gasteiger partial charge in [-0.25, -0.2) is 0 Å². The van der Waals surface area contributed by atoms with Crippen LogP contribution in [0.5, 0.6) is 5.75 Å². The molecule has 0 radical (unpaired) electrons. The summed E-state index contributed by atoms with van der Waals surface area (Å²) in [7, 11) is 1.66. The number of hydrogen-bond acceptors (Lipinski definition) is 2. The normalized spacial score (nSPS) is 16.1. The van der Waals surface area contributed by atoms with Crippen LogP contribution in [0.25, 0.3) is 0 Å². The smallest absolute Gasteiger partial charge is 0.220 e. The lowest BCUT2D eigenvalue weighted by molar-refractivity contribution is -0.121. The molecule has 0 saturated heterocycles. The molecule has 3 nitrogen and oxygen atoms in total. The summed E-state index contributed by atoms with van der Waals surface area (Å²) in [6.45, 7) is 0. The van der Waals surface area contributed by atoms with Crippen molar-refractivity contribution in [3.05, 3.63) is 65.2 Å². The first-order valence-electron chi connectivity index (χ1n) is 7.76. The number of carbonyl (C=O) groups is 1. The van der Waals surface area contributed by atoms with Gasteiger partial charge in [0.25, 0.3) is 0 Å². The highest BCUT2D eigenvalue weighted by atomic mass is 16.5. The van der Waals surface area contributed by atoms with Crippen molar-refractivity contribution >= 4 is 5.91 Å². The number of rotatable bonds is 5. The molecule has 1 unspecified atom stereocenters. The van der Waals surface area contributed by atoms with Gasteiger partial charge in [-0.2, -0.15) is 0 Å². The van der Waals surface area contributed by atoms with Gasteiger partial charge in [0.2, 0.25) is 5.91 Å². The van der Waals surface area contributed by atoms with Gasteiger partial charge < -0.3 is 10.1 Å². The Hall–Kier alpha value is -2.29. The van der Waals surface area contributed by atoms with Crippen molar-refractivity contribution < 1.29 is 9.53 Å². The maximum atomic E-state index is 12.2. The predicted molar refractivity (Wildman–Crippen MR) is 87.0 cm³/mol. The van der Waals surface area contributed by atoms with Gasteiger partial charge >= 0.3 is 0 Å². The van der Waals surface area contributed by atoms with E-state index >= 15 is 0 Å². The van der Waals surface area contributed by atoms with E-state index in [2.05, 4.69) is 23.5 Å². The summed E-state index contributed by atoms with van der Waals surface area (Å²) in [5.74, 6) is 0.951. The molecule has 0 spiro atoms. The quantitative estimate of drug-likeness (QED) is 0.917. The Labute approximate surface area is 131 Å². The number of aryl methyl sites for hydroxylation is 2. The molecule has 0 aromatic heterocycles. The Morgan fingerprint density at radius 1 is 1.23 bits per heavy atom. The highest BCUT2D eigenvalue weighted by Crippen LogP contribution is 2.30. The van der Waals surface area contributed by atoms with Crippen molar-refractivity contribution in [3.8, 4) is 5.75 Å². The van der Waals surface area contributed by atoms with Crippen LogP contribution in [0.2, 0.25) is 0 Å². The van der Waals surface area contributed by atoms with E-state index in [1.165, 1.54) is 11.1 Å². The van der Waals surface area contributed by atoms with Crippen LogP contribution in [0, 0.1) is 0 Å². The lowest BCUT2D eigenvalue weighted by Gasteiger charge is -2.14. The Balaban J connectivity index is 1.55. The van der Waals surface area contributed by atoms with E-state index in [1.54, 1.807) is 7.11 Å². The van der Waals surface area contributed by atoms with Crippen molar-refractivity contribution in [2.45, 2.75) is 31.7 Å². The van der Waals surface area contributed by atoms with Crippen LogP contribution in [-0.2, 0) is 17.6 Å². The highest BCUT2D eigenvalue weighted by molar-refractivity contribution is 5.77. The monoisotopic (exact) mass is 295 g/mol. The van der Waals surface area contributed by atoms with Crippen molar-refractivity contribution in [2.24, 2.45) is 0 Å². The molecule has 0 fully saturated rings. The van der Waals surface area contributed by atoms with Gasteiger partial charge in [0.1, 0.15) is 5.75 Å². The molecule has 3 rings (SSSR count). The minimum absolute atomic E-state index is 0.115. The van der Waals surface area contributed by atoms with Crippen LogP contribution in [-0.4, -0.2) is 13.0 Å². The molecule has 1 atom stereocenters.